The zero-order valence-corrected chi connectivity index (χ0v) is 11.3. The Bertz CT molecular complexity index is 306. The minimum absolute atomic E-state index is 0.0691. The number of urea groups is 1. The van der Waals surface area contributed by atoms with E-state index in [9.17, 15) is 9.59 Å². The summed E-state index contributed by atoms with van der Waals surface area (Å²) in [5.41, 5.74) is 0. The van der Waals surface area contributed by atoms with Gasteiger partial charge in [-0.25, -0.2) is 4.79 Å². The Morgan fingerprint density at radius 3 is 2.61 bits per heavy atom. The third-order valence-electron chi connectivity index (χ3n) is 2.93. The predicted molar refractivity (Wildman–Crippen MR) is 66.4 cm³/mol. The summed E-state index contributed by atoms with van der Waals surface area (Å²) in [7, 11) is 1.63. The Morgan fingerprint density at radius 1 is 1.50 bits per heavy atom. The van der Waals surface area contributed by atoms with E-state index in [0.29, 0.717) is 19.6 Å². The van der Waals surface area contributed by atoms with Crippen molar-refractivity contribution in [1.82, 2.24) is 9.80 Å². The maximum atomic E-state index is 12.2. The normalized spacial score (nSPS) is 19.3. The van der Waals surface area contributed by atoms with Gasteiger partial charge in [-0.1, -0.05) is 13.8 Å². The first-order valence-corrected chi connectivity index (χ1v) is 6.22. The number of carboxylic acid groups (broad SMARTS) is 1. The van der Waals surface area contributed by atoms with Crippen molar-refractivity contribution in [2.75, 3.05) is 33.3 Å². The fourth-order valence-electron chi connectivity index (χ4n) is 2.11. The van der Waals surface area contributed by atoms with E-state index in [1.54, 1.807) is 12.0 Å². The first-order chi connectivity index (χ1) is 8.43. The minimum atomic E-state index is -0.980. The van der Waals surface area contributed by atoms with Gasteiger partial charge < -0.3 is 19.6 Å². The second kappa shape index (κ2) is 6.58. The van der Waals surface area contributed by atoms with Crippen LogP contribution in [0.5, 0.6) is 0 Å². The van der Waals surface area contributed by atoms with Crippen molar-refractivity contribution in [3.8, 4) is 0 Å². The highest BCUT2D eigenvalue weighted by Gasteiger charge is 2.30. The number of carbonyl (C=O) groups is 2. The Morgan fingerprint density at radius 2 is 2.17 bits per heavy atom. The Kier molecular flexibility index (Phi) is 5.40. The Labute approximate surface area is 107 Å². The molecule has 1 heterocycles. The van der Waals surface area contributed by atoms with E-state index in [1.807, 2.05) is 13.8 Å². The van der Waals surface area contributed by atoms with E-state index < -0.39 is 5.97 Å². The van der Waals surface area contributed by atoms with Gasteiger partial charge in [0, 0.05) is 26.7 Å². The number of likely N-dealkylation sites (tertiary alicyclic amines) is 1. The highest BCUT2D eigenvalue weighted by Crippen LogP contribution is 2.14. The molecule has 0 radical (unpaired) electrons. The minimum Gasteiger partial charge on any atom is -0.480 e. The summed E-state index contributed by atoms with van der Waals surface area (Å²) in [5, 5.41) is 8.85. The smallest absolute Gasteiger partial charge is 0.323 e. The Balaban J connectivity index is 2.61. The predicted octanol–water partition coefficient (Wildman–Crippen LogP) is 0.870. The third-order valence-corrected chi connectivity index (χ3v) is 2.93. The molecule has 0 bridgehead atoms. The summed E-state index contributed by atoms with van der Waals surface area (Å²) in [5.74, 6) is -0.736. The number of hydrogen-bond acceptors (Lipinski definition) is 3. The fraction of sp³-hybridized carbons (Fsp3) is 0.833. The highest BCUT2D eigenvalue weighted by molar-refractivity contribution is 5.80. The van der Waals surface area contributed by atoms with Crippen LogP contribution in [-0.2, 0) is 9.53 Å². The summed E-state index contributed by atoms with van der Waals surface area (Å²) >= 11 is 0. The van der Waals surface area contributed by atoms with Gasteiger partial charge in [-0.05, 0) is 12.3 Å². The summed E-state index contributed by atoms with van der Waals surface area (Å²) < 4.78 is 5.20. The monoisotopic (exact) mass is 258 g/mol. The number of carboxylic acids is 1. The maximum Gasteiger partial charge on any atom is 0.323 e. The van der Waals surface area contributed by atoms with Gasteiger partial charge in [-0.15, -0.1) is 0 Å². The van der Waals surface area contributed by atoms with Crippen LogP contribution in [0.15, 0.2) is 0 Å². The van der Waals surface area contributed by atoms with Crippen molar-refractivity contribution in [2.24, 2.45) is 5.92 Å². The van der Waals surface area contributed by atoms with Crippen LogP contribution in [0.25, 0.3) is 0 Å². The number of nitrogens with zero attached hydrogens (tertiary/aromatic N) is 2. The van der Waals surface area contributed by atoms with Crippen LogP contribution in [0.1, 0.15) is 20.3 Å². The molecule has 0 aromatic carbocycles. The van der Waals surface area contributed by atoms with Gasteiger partial charge in [-0.3, -0.25) is 4.79 Å². The van der Waals surface area contributed by atoms with Gasteiger partial charge in [-0.2, -0.15) is 0 Å². The van der Waals surface area contributed by atoms with Crippen molar-refractivity contribution < 1.29 is 19.4 Å². The van der Waals surface area contributed by atoms with Crippen molar-refractivity contribution in [1.29, 1.82) is 0 Å². The zero-order chi connectivity index (χ0) is 13.7. The molecule has 1 N–H and O–H groups in total. The van der Waals surface area contributed by atoms with Crippen LogP contribution < -0.4 is 0 Å². The molecule has 0 aromatic heterocycles. The lowest BCUT2D eigenvalue weighted by Gasteiger charge is -2.28. The molecular weight excluding hydrogens is 236 g/mol. The number of methoxy groups -OCH3 is 1. The van der Waals surface area contributed by atoms with Gasteiger partial charge in [0.15, 0.2) is 0 Å². The lowest BCUT2D eigenvalue weighted by molar-refractivity contribution is -0.137. The number of aliphatic carboxylic acids is 1. The first-order valence-electron chi connectivity index (χ1n) is 6.22. The van der Waals surface area contributed by atoms with Crippen LogP contribution in [-0.4, -0.2) is 66.3 Å². The molecule has 1 saturated heterocycles. The van der Waals surface area contributed by atoms with Crippen molar-refractivity contribution in [3.63, 3.8) is 0 Å². The molecule has 1 atom stereocenters. The molecule has 1 aliphatic rings. The van der Waals surface area contributed by atoms with Crippen molar-refractivity contribution >= 4 is 12.0 Å². The molecule has 6 nitrogen and oxygen atoms in total. The van der Waals surface area contributed by atoms with E-state index in [2.05, 4.69) is 0 Å². The van der Waals surface area contributed by atoms with Gasteiger partial charge in [0.2, 0.25) is 0 Å². The lowest BCUT2D eigenvalue weighted by Crippen LogP contribution is -2.46. The quantitative estimate of drug-likeness (QED) is 0.794. The maximum absolute atomic E-state index is 12.2. The second-order valence-corrected chi connectivity index (χ2v) is 5.04. The van der Waals surface area contributed by atoms with Crippen molar-refractivity contribution in [3.05, 3.63) is 0 Å². The average molecular weight is 258 g/mol. The number of carbonyl (C=O) groups excluding carboxylic acids is 1. The summed E-state index contributed by atoms with van der Waals surface area (Å²) in [6, 6.07) is -0.203. The van der Waals surface area contributed by atoms with Crippen molar-refractivity contribution in [2.45, 2.75) is 26.4 Å². The molecular formula is C12H22N2O4. The molecule has 0 aliphatic carbocycles. The van der Waals surface area contributed by atoms with Gasteiger partial charge >= 0.3 is 12.0 Å². The van der Waals surface area contributed by atoms with Gasteiger partial charge in [0.05, 0.1) is 6.10 Å². The molecule has 1 aliphatic heterocycles. The van der Waals surface area contributed by atoms with Gasteiger partial charge in [0.1, 0.15) is 6.54 Å². The van der Waals surface area contributed by atoms with E-state index in [-0.39, 0.29) is 24.6 Å². The molecule has 0 saturated carbocycles. The molecule has 0 aromatic rings. The summed E-state index contributed by atoms with van der Waals surface area (Å²) in [4.78, 5) is 26.1. The topological polar surface area (TPSA) is 70.1 Å². The second-order valence-electron chi connectivity index (χ2n) is 5.04. The zero-order valence-electron chi connectivity index (χ0n) is 11.3. The molecule has 1 unspecified atom stereocenters. The SMILES string of the molecule is COC1CCN(C(=O)N(CC(=O)O)CC(C)C)C1. The van der Waals surface area contributed by atoms with E-state index >= 15 is 0 Å². The van der Waals surface area contributed by atoms with Crippen LogP contribution in [0.3, 0.4) is 0 Å². The summed E-state index contributed by atoms with van der Waals surface area (Å²) in [6.45, 7) is 5.31. The lowest BCUT2D eigenvalue weighted by atomic mass is 10.2. The first kappa shape index (κ1) is 14.8. The van der Waals surface area contributed by atoms with Crippen LogP contribution in [0.4, 0.5) is 4.79 Å². The molecule has 0 spiro atoms. The molecule has 1 fully saturated rings. The Hall–Kier alpha value is -1.30. The highest BCUT2D eigenvalue weighted by atomic mass is 16.5. The molecule has 1 rings (SSSR count). The van der Waals surface area contributed by atoms with E-state index in [1.165, 1.54) is 4.90 Å². The largest absolute Gasteiger partial charge is 0.480 e. The van der Waals surface area contributed by atoms with E-state index in [4.69, 9.17) is 9.84 Å². The molecule has 104 valence electrons. The average Bonchev–Trinajstić information content (AvgIpc) is 2.74. The number of amides is 2. The fourth-order valence-corrected chi connectivity index (χ4v) is 2.11. The van der Waals surface area contributed by atoms with Gasteiger partial charge in [0.25, 0.3) is 0 Å². The van der Waals surface area contributed by atoms with Crippen LogP contribution in [0.2, 0.25) is 0 Å². The number of hydrogen-bond donors (Lipinski definition) is 1. The molecule has 2 amide bonds. The standard InChI is InChI=1S/C12H22N2O4/c1-9(2)6-14(8-11(15)16)12(17)13-5-4-10(7-13)18-3/h9-10H,4-8H2,1-3H3,(H,15,16). The molecule has 18 heavy (non-hydrogen) atoms. The number of rotatable bonds is 5. The van der Waals surface area contributed by atoms with E-state index in [0.717, 1.165) is 6.42 Å². The third kappa shape index (κ3) is 4.18. The van der Waals surface area contributed by atoms with Crippen LogP contribution >= 0.6 is 0 Å². The molecule has 6 heteroatoms. The van der Waals surface area contributed by atoms with Crippen LogP contribution in [0, 0.1) is 5.92 Å². The number of ether oxygens (including phenoxy) is 1. The summed E-state index contributed by atoms with van der Waals surface area (Å²) in [6.07, 6.45) is 0.879.